The lowest BCUT2D eigenvalue weighted by molar-refractivity contribution is -0.0498. The molecular weight excluding hydrogens is 224 g/mol. The summed E-state index contributed by atoms with van der Waals surface area (Å²) in [5.41, 5.74) is 0.461. The van der Waals surface area contributed by atoms with Gasteiger partial charge in [-0.25, -0.2) is 0 Å². The van der Waals surface area contributed by atoms with Gasteiger partial charge in [-0.2, -0.15) is 14.0 Å². The van der Waals surface area contributed by atoms with Crippen molar-refractivity contribution in [1.82, 2.24) is 0 Å². The highest BCUT2D eigenvalue weighted by Gasteiger charge is 2.43. The normalized spacial score (nSPS) is 27.4. The van der Waals surface area contributed by atoms with Gasteiger partial charge in [0.05, 0.1) is 11.5 Å². The molecular formula is C13H13F2NO. The second kappa shape index (κ2) is 4.33. The van der Waals surface area contributed by atoms with E-state index in [0.29, 0.717) is 5.92 Å². The molecule has 17 heavy (non-hydrogen) atoms. The fourth-order valence-electron chi connectivity index (χ4n) is 2.48. The van der Waals surface area contributed by atoms with Gasteiger partial charge in [0.2, 0.25) is 0 Å². The van der Waals surface area contributed by atoms with E-state index in [1.165, 1.54) is 12.1 Å². The molecule has 1 aliphatic rings. The number of hydrogen-bond acceptors (Lipinski definition) is 2. The molecule has 0 saturated heterocycles. The van der Waals surface area contributed by atoms with E-state index in [1.807, 2.05) is 0 Å². The molecule has 0 aromatic heterocycles. The van der Waals surface area contributed by atoms with Crippen LogP contribution in [0.1, 0.15) is 25.3 Å². The van der Waals surface area contributed by atoms with Crippen molar-refractivity contribution in [3.8, 4) is 11.8 Å². The van der Waals surface area contributed by atoms with Crippen molar-refractivity contribution < 1.29 is 13.5 Å². The molecule has 0 spiro atoms. The largest absolute Gasteiger partial charge is 0.435 e. The minimum absolute atomic E-state index is 0.129. The van der Waals surface area contributed by atoms with Gasteiger partial charge in [-0.15, -0.1) is 0 Å². The maximum Gasteiger partial charge on any atom is 0.387 e. The summed E-state index contributed by atoms with van der Waals surface area (Å²) in [6.07, 6.45) is 1.66. The number of benzene rings is 1. The Kier molecular flexibility index (Phi) is 3.01. The first kappa shape index (κ1) is 11.8. The quantitative estimate of drug-likeness (QED) is 0.806. The van der Waals surface area contributed by atoms with Crippen LogP contribution in [0.3, 0.4) is 0 Å². The van der Waals surface area contributed by atoms with E-state index < -0.39 is 12.0 Å². The van der Waals surface area contributed by atoms with Crippen LogP contribution >= 0.6 is 0 Å². The van der Waals surface area contributed by atoms with Crippen LogP contribution < -0.4 is 4.74 Å². The highest BCUT2D eigenvalue weighted by atomic mass is 19.3. The molecule has 0 unspecified atom stereocenters. The Labute approximate surface area is 98.8 Å². The monoisotopic (exact) mass is 237 g/mol. The van der Waals surface area contributed by atoms with Crippen LogP contribution in [0.15, 0.2) is 24.3 Å². The van der Waals surface area contributed by atoms with Gasteiger partial charge in [0.15, 0.2) is 0 Å². The Morgan fingerprint density at radius 2 is 1.94 bits per heavy atom. The van der Waals surface area contributed by atoms with Gasteiger partial charge in [0.1, 0.15) is 5.75 Å². The van der Waals surface area contributed by atoms with Crippen molar-refractivity contribution in [2.75, 3.05) is 0 Å². The first-order valence-corrected chi connectivity index (χ1v) is 5.52. The Balaban J connectivity index is 2.16. The van der Waals surface area contributed by atoms with E-state index in [2.05, 4.69) is 17.7 Å². The summed E-state index contributed by atoms with van der Waals surface area (Å²) in [7, 11) is 0. The van der Waals surface area contributed by atoms with Crippen LogP contribution in [0.2, 0.25) is 0 Å². The van der Waals surface area contributed by atoms with Crippen molar-refractivity contribution in [2.45, 2.75) is 31.8 Å². The smallest absolute Gasteiger partial charge is 0.387 e. The molecule has 0 heterocycles. The number of nitrogens with zero attached hydrogens (tertiary/aromatic N) is 1. The lowest BCUT2D eigenvalue weighted by Crippen LogP contribution is -2.38. The second-order valence-electron chi connectivity index (χ2n) is 4.61. The number of halogens is 2. The van der Waals surface area contributed by atoms with E-state index in [4.69, 9.17) is 0 Å². The van der Waals surface area contributed by atoms with Crippen molar-refractivity contribution in [3.05, 3.63) is 29.8 Å². The fraction of sp³-hybridized carbons (Fsp3) is 0.462. The number of hydrogen-bond donors (Lipinski definition) is 0. The molecule has 2 rings (SSSR count). The molecule has 1 fully saturated rings. The Hall–Kier alpha value is -1.63. The summed E-state index contributed by atoms with van der Waals surface area (Å²) in [6, 6.07) is 8.71. The summed E-state index contributed by atoms with van der Waals surface area (Å²) >= 11 is 0. The summed E-state index contributed by atoms with van der Waals surface area (Å²) in [5, 5.41) is 9.22. The summed E-state index contributed by atoms with van der Waals surface area (Å²) in [5.74, 6) is 0.677. The molecule has 1 saturated carbocycles. The van der Waals surface area contributed by atoms with Crippen molar-refractivity contribution >= 4 is 0 Å². The molecule has 4 heteroatoms. The topological polar surface area (TPSA) is 33.0 Å². The van der Waals surface area contributed by atoms with E-state index in [0.717, 1.165) is 18.4 Å². The van der Waals surface area contributed by atoms with E-state index in [9.17, 15) is 14.0 Å². The molecule has 90 valence electrons. The van der Waals surface area contributed by atoms with Crippen LogP contribution in [-0.2, 0) is 5.41 Å². The zero-order valence-electron chi connectivity index (χ0n) is 9.49. The lowest BCUT2D eigenvalue weighted by Gasteiger charge is -2.41. The third kappa shape index (κ3) is 2.23. The molecule has 1 aromatic rings. The van der Waals surface area contributed by atoms with Gasteiger partial charge < -0.3 is 4.74 Å². The van der Waals surface area contributed by atoms with Gasteiger partial charge >= 0.3 is 6.61 Å². The number of alkyl halides is 2. The SMILES string of the molecule is CC1CC(C#N)(c2ccc(OC(F)F)cc2)C1. The van der Waals surface area contributed by atoms with E-state index >= 15 is 0 Å². The molecule has 0 aliphatic heterocycles. The van der Waals surface area contributed by atoms with E-state index in [-0.39, 0.29) is 5.75 Å². The predicted molar refractivity (Wildman–Crippen MR) is 58.8 cm³/mol. The minimum atomic E-state index is -2.81. The highest BCUT2D eigenvalue weighted by Crippen LogP contribution is 2.47. The molecule has 0 amide bonds. The van der Waals surface area contributed by atoms with Crippen molar-refractivity contribution in [1.29, 1.82) is 5.26 Å². The van der Waals surface area contributed by atoms with Gasteiger partial charge in [0.25, 0.3) is 0 Å². The zero-order chi connectivity index (χ0) is 12.5. The summed E-state index contributed by atoms with van der Waals surface area (Å²) < 4.78 is 28.2. The summed E-state index contributed by atoms with van der Waals surface area (Å²) in [6.45, 7) is -0.710. The predicted octanol–water partition coefficient (Wildman–Crippen LogP) is 3.48. The van der Waals surface area contributed by atoms with Gasteiger partial charge in [-0.1, -0.05) is 19.1 Å². The standard InChI is InChI=1S/C13H13F2NO/c1-9-6-13(7-9,8-16)10-2-4-11(5-3-10)17-12(14)15/h2-5,9,12H,6-7H2,1H3. The number of rotatable bonds is 3. The Bertz CT molecular complexity index is 430. The maximum atomic E-state index is 12.0. The minimum Gasteiger partial charge on any atom is -0.435 e. The van der Waals surface area contributed by atoms with Crippen LogP contribution in [-0.4, -0.2) is 6.61 Å². The number of nitriles is 1. The zero-order valence-corrected chi connectivity index (χ0v) is 9.49. The Morgan fingerprint density at radius 1 is 1.35 bits per heavy atom. The van der Waals surface area contributed by atoms with Crippen LogP contribution in [0.25, 0.3) is 0 Å². The first-order chi connectivity index (χ1) is 8.05. The average molecular weight is 237 g/mol. The van der Waals surface area contributed by atoms with Gasteiger partial charge in [-0.3, -0.25) is 0 Å². The summed E-state index contributed by atoms with van der Waals surface area (Å²) in [4.78, 5) is 0. The third-order valence-electron chi connectivity index (χ3n) is 3.24. The van der Waals surface area contributed by atoms with Crippen LogP contribution in [0.5, 0.6) is 5.75 Å². The van der Waals surface area contributed by atoms with Crippen molar-refractivity contribution in [3.63, 3.8) is 0 Å². The van der Waals surface area contributed by atoms with E-state index in [1.54, 1.807) is 12.1 Å². The molecule has 0 N–H and O–H groups in total. The van der Waals surface area contributed by atoms with Gasteiger partial charge in [-0.05, 0) is 36.5 Å². The fourth-order valence-corrected chi connectivity index (χ4v) is 2.48. The van der Waals surface area contributed by atoms with Gasteiger partial charge in [0, 0.05) is 0 Å². The van der Waals surface area contributed by atoms with Crippen LogP contribution in [0.4, 0.5) is 8.78 Å². The molecule has 0 atom stereocenters. The number of ether oxygens (including phenoxy) is 1. The molecule has 1 aliphatic carbocycles. The Morgan fingerprint density at radius 3 is 2.35 bits per heavy atom. The second-order valence-corrected chi connectivity index (χ2v) is 4.61. The maximum absolute atomic E-state index is 12.0. The third-order valence-corrected chi connectivity index (χ3v) is 3.24. The molecule has 0 bridgehead atoms. The van der Waals surface area contributed by atoms with Crippen LogP contribution in [0, 0.1) is 17.2 Å². The first-order valence-electron chi connectivity index (χ1n) is 5.52. The molecule has 0 radical (unpaired) electrons. The van der Waals surface area contributed by atoms with Crippen molar-refractivity contribution in [2.24, 2.45) is 5.92 Å². The average Bonchev–Trinajstić information content (AvgIpc) is 2.25. The molecule has 2 nitrogen and oxygen atoms in total. The lowest BCUT2D eigenvalue weighted by atomic mass is 9.60. The molecule has 1 aromatic carbocycles. The highest BCUT2D eigenvalue weighted by molar-refractivity contribution is 5.39.